The fourth-order valence-electron chi connectivity index (χ4n) is 3.79. The second-order valence-electron chi connectivity index (χ2n) is 6.95. The molecule has 1 saturated heterocycles. The first kappa shape index (κ1) is 15.5. The molecule has 5 nitrogen and oxygen atoms in total. The molecule has 1 N–H and O–H groups in total. The van der Waals surface area contributed by atoms with Gasteiger partial charge in [-0.2, -0.15) is 0 Å². The standard InChI is InChI=1S/C17H28N4O/c1-13-18-11-16(20(13)2)17(22)19-15-7-9-21(10-8-15)12-14-5-3-4-6-14/h11,14-15H,3-10,12H2,1-2H3,(H,19,22). The van der Waals surface area contributed by atoms with Crippen molar-refractivity contribution >= 4 is 5.91 Å². The number of nitrogens with zero attached hydrogens (tertiary/aromatic N) is 3. The van der Waals surface area contributed by atoms with E-state index in [9.17, 15) is 4.79 Å². The summed E-state index contributed by atoms with van der Waals surface area (Å²) in [6.07, 6.45) is 9.46. The quantitative estimate of drug-likeness (QED) is 0.927. The van der Waals surface area contributed by atoms with E-state index in [0.29, 0.717) is 11.7 Å². The lowest BCUT2D eigenvalue weighted by molar-refractivity contribution is 0.0897. The zero-order chi connectivity index (χ0) is 15.5. The van der Waals surface area contributed by atoms with Gasteiger partial charge in [0.05, 0.1) is 6.20 Å². The third-order valence-electron chi connectivity index (χ3n) is 5.37. The maximum absolute atomic E-state index is 12.3. The summed E-state index contributed by atoms with van der Waals surface area (Å²) in [4.78, 5) is 19.1. The zero-order valence-corrected chi connectivity index (χ0v) is 13.8. The Morgan fingerprint density at radius 3 is 2.55 bits per heavy atom. The van der Waals surface area contributed by atoms with Gasteiger partial charge in [0, 0.05) is 32.7 Å². The van der Waals surface area contributed by atoms with Gasteiger partial charge in [0.25, 0.3) is 5.91 Å². The molecular weight excluding hydrogens is 276 g/mol. The summed E-state index contributed by atoms with van der Waals surface area (Å²) >= 11 is 0. The van der Waals surface area contributed by atoms with E-state index in [1.54, 1.807) is 6.20 Å². The first-order valence-corrected chi connectivity index (χ1v) is 8.65. The molecule has 0 radical (unpaired) electrons. The van der Waals surface area contributed by atoms with Gasteiger partial charge < -0.3 is 14.8 Å². The van der Waals surface area contributed by atoms with Gasteiger partial charge in [-0.25, -0.2) is 4.98 Å². The minimum atomic E-state index is 0.0114. The summed E-state index contributed by atoms with van der Waals surface area (Å²) in [6, 6.07) is 0.308. The van der Waals surface area contributed by atoms with Gasteiger partial charge in [-0.05, 0) is 38.5 Å². The molecule has 1 aromatic heterocycles. The lowest BCUT2D eigenvalue weighted by atomic mass is 10.0. The Labute approximate surface area is 133 Å². The van der Waals surface area contributed by atoms with E-state index < -0.39 is 0 Å². The molecule has 0 unspecified atom stereocenters. The highest BCUT2D eigenvalue weighted by Crippen LogP contribution is 2.26. The molecule has 0 aromatic carbocycles. The molecule has 2 aliphatic rings. The fourth-order valence-corrected chi connectivity index (χ4v) is 3.79. The van der Waals surface area contributed by atoms with E-state index >= 15 is 0 Å². The van der Waals surface area contributed by atoms with Crippen LogP contribution in [0.1, 0.15) is 54.8 Å². The van der Waals surface area contributed by atoms with Crippen LogP contribution in [0.25, 0.3) is 0 Å². The Morgan fingerprint density at radius 2 is 1.95 bits per heavy atom. The van der Waals surface area contributed by atoms with E-state index in [-0.39, 0.29) is 5.91 Å². The minimum absolute atomic E-state index is 0.0114. The van der Waals surface area contributed by atoms with Crippen LogP contribution in [0.3, 0.4) is 0 Å². The van der Waals surface area contributed by atoms with Crippen molar-refractivity contribution in [3.63, 3.8) is 0 Å². The summed E-state index contributed by atoms with van der Waals surface area (Å²) in [5.74, 6) is 1.80. The van der Waals surface area contributed by atoms with E-state index in [1.807, 2.05) is 18.5 Å². The van der Waals surface area contributed by atoms with Crippen molar-refractivity contribution in [3.8, 4) is 0 Å². The van der Waals surface area contributed by atoms with Gasteiger partial charge in [-0.1, -0.05) is 12.8 Å². The largest absolute Gasteiger partial charge is 0.348 e. The van der Waals surface area contributed by atoms with Crippen LogP contribution in [-0.4, -0.2) is 46.0 Å². The Hall–Kier alpha value is -1.36. The van der Waals surface area contributed by atoms with Crippen molar-refractivity contribution < 1.29 is 4.79 Å². The van der Waals surface area contributed by atoms with Crippen LogP contribution in [0.2, 0.25) is 0 Å². The maximum atomic E-state index is 12.3. The van der Waals surface area contributed by atoms with Crippen molar-refractivity contribution in [1.29, 1.82) is 0 Å². The van der Waals surface area contributed by atoms with Crippen LogP contribution >= 0.6 is 0 Å². The average Bonchev–Trinajstić information content (AvgIpc) is 3.12. The number of carbonyl (C=O) groups is 1. The number of nitrogens with one attached hydrogen (secondary N) is 1. The Kier molecular flexibility index (Phi) is 4.81. The van der Waals surface area contributed by atoms with Crippen LogP contribution in [-0.2, 0) is 7.05 Å². The van der Waals surface area contributed by atoms with E-state index in [2.05, 4.69) is 15.2 Å². The normalized spacial score (nSPS) is 21.4. The number of aromatic nitrogens is 2. The van der Waals surface area contributed by atoms with E-state index in [4.69, 9.17) is 0 Å². The minimum Gasteiger partial charge on any atom is -0.348 e. The summed E-state index contributed by atoms with van der Waals surface area (Å²) in [7, 11) is 1.89. The molecule has 22 heavy (non-hydrogen) atoms. The molecule has 1 aromatic rings. The average molecular weight is 304 g/mol. The zero-order valence-electron chi connectivity index (χ0n) is 13.8. The highest BCUT2D eigenvalue weighted by atomic mass is 16.2. The Balaban J connectivity index is 1.45. The van der Waals surface area contributed by atoms with E-state index in [0.717, 1.165) is 37.7 Å². The van der Waals surface area contributed by atoms with Crippen LogP contribution < -0.4 is 5.32 Å². The lowest BCUT2D eigenvalue weighted by Crippen LogP contribution is -2.45. The molecule has 122 valence electrons. The van der Waals surface area contributed by atoms with Crippen molar-refractivity contribution in [2.24, 2.45) is 13.0 Å². The lowest BCUT2D eigenvalue weighted by Gasteiger charge is -2.33. The highest BCUT2D eigenvalue weighted by molar-refractivity contribution is 5.92. The molecular formula is C17H28N4O. The molecule has 0 spiro atoms. The first-order valence-electron chi connectivity index (χ1n) is 8.65. The number of aryl methyl sites for hydroxylation is 1. The number of piperidine rings is 1. The van der Waals surface area contributed by atoms with Gasteiger partial charge in [0.2, 0.25) is 0 Å². The third-order valence-corrected chi connectivity index (χ3v) is 5.37. The van der Waals surface area contributed by atoms with Crippen molar-refractivity contribution in [2.75, 3.05) is 19.6 Å². The molecule has 1 saturated carbocycles. The predicted molar refractivity (Wildman–Crippen MR) is 86.8 cm³/mol. The third kappa shape index (κ3) is 3.51. The van der Waals surface area contributed by atoms with Gasteiger partial charge in [0.15, 0.2) is 0 Å². The van der Waals surface area contributed by atoms with Crippen LogP contribution in [0.4, 0.5) is 0 Å². The molecule has 0 atom stereocenters. The SMILES string of the molecule is Cc1ncc(C(=O)NC2CCN(CC3CCCC3)CC2)n1C. The number of carbonyl (C=O) groups excluding carboxylic acids is 1. The summed E-state index contributed by atoms with van der Waals surface area (Å²) in [6.45, 7) is 5.41. The first-order chi connectivity index (χ1) is 10.6. The number of likely N-dealkylation sites (tertiary alicyclic amines) is 1. The number of hydrogen-bond acceptors (Lipinski definition) is 3. The monoisotopic (exact) mass is 304 g/mol. The second kappa shape index (κ2) is 6.82. The Morgan fingerprint density at radius 1 is 1.27 bits per heavy atom. The predicted octanol–water partition coefficient (Wildman–Crippen LogP) is 2.11. The van der Waals surface area contributed by atoms with Crippen molar-refractivity contribution in [2.45, 2.75) is 51.5 Å². The van der Waals surface area contributed by atoms with Crippen LogP contribution in [0.5, 0.6) is 0 Å². The molecule has 1 aliphatic heterocycles. The topological polar surface area (TPSA) is 50.2 Å². The van der Waals surface area contributed by atoms with Crippen LogP contribution in [0.15, 0.2) is 6.20 Å². The molecule has 1 amide bonds. The van der Waals surface area contributed by atoms with E-state index in [1.165, 1.54) is 32.2 Å². The summed E-state index contributed by atoms with van der Waals surface area (Å²) in [5.41, 5.74) is 0.658. The number of imidazole rings is 1. The van der Waals surface area contributed by atoms with Crippen molar-refractivity contribution in [3.05, 3.63) is 17.7 Å². The molecule has 2 fully saturated rings. The molecule has 3 rings (SSSR count). The molecule has 1 aliphatic carbocycles. The smallest absolute Gasteiger partial charge is 0.269 e. The van der Waals surface area contributed by atoms with Gasteiger partial charge >= 0.3 is 0 Å². The van der Waals surface area contributed by atoms with Gasteiger partial charge in [0.1, 0.15) is 11.5 Å². The molecule has 0 bridgehead atoms. The Bertz CT molecular complexity index is 511. The number of rotatable bonds is 4. The second-order valence-corrected chi connectivity index (χ2v) is 6.95. The maximum Gasteiger partial charge on any atom is 0.269 e. The van der Waals surface area contributed by atoms with Crippen molar-refractivity contribution in [1.82, 2.24) is 19.8 Å². The fraction of sp³-hybridized carbons (Fsp3) is 0.765. The molecule has 5 heteroatoms. The number of amides is 1. The van der Waals surface area contributed by atoms with Crippen LogP contribution in [0, 0.1) is 12.8 Å². The highest BCUT2D eigenvalue weighted by Gasteiger charge is 2.25. The number of hydrogen-bond donors (Lipinski definition) is 1. The van der Waals surface area contributed by atoms with Gasteiger partial charge in [-0.15, -0.1) is 0 Å². The summed E-state index contributed by atoms with van der Waals surface area (Å²) in [5, 5.41) is 3.18. The summed E-state index contributed by atoms with van der Waals surface area (Å²) < 4.78 is 1.85. The molecule has 2 heterocycles. The van der Waals surface area contributed by atoms with Gasteiger partial charge in [-0.3, -0.25) is 4.79 Å².